The summed E-state index contributed by atoms with van der Waals surface area (Å²) in [5, 5.41) is 6.48. The molecule has 1 saturated carbocycles. The summed E-state index contributed by atoms with van der Waals surface area (Å²) in [5.74, 6) is 0.810. The van der Waals surface area contributed by atoms with Gasteiger partial charge >= 0.3 is 6.09 Å². The van der Waals surface area contributed by atoms with Crippen LogP contribution in [-0.2, 0) is 4.74 Å². The fourth-order valence-corrected chi connectivity index (χ4v) is 1.99. The van der Waals surface area contributed by atoms with Crippen LogP contribution < -0.4 is 10.6 Å². The molecule has 0 unspecified atom stereocenters. The van der Waals surface area contributed by atoms with Crippen LogP contribution in [0.25, 0.3) is 0 Å². The molecule has 0 radical (unpaired) electrons. The number of hydrogen-bond donors (Lipinski definition) is 2. The Kier molecular flexibility index (Phi) is 7.48. The summed E-state index contributed by atoms with van der Waals surface area (Å²) in [4.78, 5) is 18.5. The van der Waals surface area contributed by atoms with Gasteiger partial charge in [-0.3, -0.25) is 4.99 Å². The van der Waals surface area contributed by atoms with Gasteiger partial charge in [0.25, 0.3) is 0 Å². The van der Waals surface area contributed by atoms with Gasteiger partial charge in [-0.05, 0) is 47.0 Å². The maximum atomic E-state index is 12.2. The first-order chi connectivity index (χ1) is 10.4. The van der Waals surface area contributed by atoms with Crippen LogP contribution in [0.4, 0.5) is 4.79 Å². The van der Waals surface area contributed by atoms with Crippen LogP contribution in [0.2, 0.25) is 0 Å². The minimum absolute atomic E-state index is 0.215. The normalized spacial score (nSPS) is 15.4. The van der Waals surface area contributed by atoms with E-state index in [-0.39, 0.29) is 6.09 Å². The molecule has 6 nitrogen and oxygen atoms in total. The Morgan fingerprint density at radius 1 is 1.27 bits per heavy atom. The highest BCUT2D eigenvalue weighted by Gasteiger charge is 2.34. The van der Waals surface area contributed by atoms with Crippen molar-refractivity contribution in [2.75, 3.05) is 26.2 Å². The second-order valence-electron chi connectivity index (χ2n) is 6.59. The molecule has 6 heteroatoms. The van der Waals surface area contributed by atoms with Crippen molar-refractivity contribution in [2.24, 2.45) is 4.99 Å². The monoisotopic (exact) mass is 312 g/mol. The second kappa shape index (κ2) is 8.86. The van der Waals surface area contributed by atoms with E-state index in [0.29, 0.717) is 19.1 Å². The smallest absolute Gasteiger partial charge is 0.410 e. The molecule has 0 aromatic carbocycles. The van der Waals surface area contributed by atoms with Gasteiger partial charge in [0.15, 0.2) is 5.96 Å². The predicted octanol–water partition coefficient (Wildman–Crippen LogP) is 2.35. The zero-order valence-corrected chi connectivity index (χ0v) is 14.7. The molecule has 22 heavy (non-hydrogen) atoms. The molecule has 2 N–H and O–H groups in total. The van der Waals surface area contributed by atoms with E-state index in [1.54, 1.807) is 0 Å². The number of aliphatic imine (C=N–C) groups is 1. The van der Waals surface area contributed by atoms with Gasteiger partial charge < -0.3 is 20.3 Å². The molecule has 0 heterocycles. The lowest BCUT2D eigenvalue weighted by molar-refractivity contribution is 0.0238. The lowest BCUT2D eigenvalue weighted by atomic mass is 10.2. The molecule has 128 valence electrons. The molecule has 1 aliphatic rings. The zero-order chi connectivity index (χ0) is 16.6. The standard InChI is InChI=1S/C16H32N4O2/c1-6-10-18-14(17-7-2)19-11-12-20(13-8-9-13)15(21)22-16(3,4)5/h13H,6-12H2,1-5H3,(H2,17,18,19). The highest BCUT2D eigenvalue weighted by Crippen LogP contribution is 2.27. The number of amides is 1. The van der Waals surface area contributed by atoms with Gasteiger partial charge in [-0.2, -0.15) is 0 Å². The van der Waals surface area contributed by atoms with E-state index in [2.05, 4.69) is 22.5 Å². The molecule has 0 spiro atoms. The summed E-state index contributed by atoms with van der Waals surface area (Å²) >= 11 is 0. The first-order valence-electron chi connectivity index (χ1n) is 8.39. The number of nitrogens with zero attached hydrogens (tertiary/aromatic N) is 2. The third-order valence-corrected chi connectivity index (χ3v) is 3.10. The maximum absolute atomic E-state index is 12.2. The Hall–Kier alpha value is -1.46. The van der Waals surface area contributed by atoms with Crippen LogP contribution in [0.15, 0.2) is 4.99 Å². The average molecular weight is 312 g/mol. The van der Waals surface area contributed by atoms with Crippen LogP contribution >= 0.6 is 0 Å². The molecule has 1 aliphatic carbocycles. The number of carbonyl (C=O) groups excluding carboxylic acids is 1. The molecule has 0 aliphatic heterocycles. The largest absolute Gasteiger partial charge is 0.444 e. The quantitative estimate of drug-likeness (QED) is 0.559. The number of carbonyl (C=O) groups is 1. The first-order valence-corrected chi connectivity index (χ1v) is 8.39. The number of rotatable bonds is 7. The molecule has 0 bridgehead atoms. The first kappa shape index (κ1) is 18.6. The van der Waals surface area contributed by atoms with Crippen LogP contribution in [0, 0.1) is 0 Å². The van der Waals surface area contributed by atoms with Gasteiger partial charge in [0.05, 0.1) is 0 Å². The molecular formula is C16H32N4O2. The minimum atomic E-state index is -0.449. The fraction of sp³-hybridized carbons (Fsp3) is 0.875. The van der Waals surface area contributed by atoms with E-state index in [1.165, 1.54) is 0 Å². The van der Waals surface area contributed by atoms with Gasteiger partial charge in [0, 0.05) is 32.2 Å². The molecule has 0 aromatic heterocycles. The highest BCUT2D eigenvalue weighted by atomic mass is 16.6. The molecule has 0 atom stereocenters. The molecule has 1 rings (SSSR count). The summed E-state index contributed by atoms with van der Waals surface area (Å²) in [7, 11) is 0. The van der Waals surface area contributed by atoms with Crippen LogP contribution in [0.1, 0.15) is 53.9 Å². The van der Waals surface area contributed by atoms with Crippen molar-refractivity contribution >= 4 is 12.1 Å². The summed E-state index contributed by atoms with van der Waals surface area (Å²) in [6.45, 7) is 12.8. The lowest BCUT2D eigenvalue weighted by Gasteiger charge is -2.27. The summed E-state index contributed by atoms with van der Waals surface area (Å²) in [6, 6.07) is 0.340. The van der Waals surface area contributed by atoms with Gasteiger partial charge in [0.1, 0.15) is 5.60 Å². The van der Waals surface area contributed by atoms with Crippen molar-refractivity contribution in [2.45, 2.75) is 65.5 Å². The van der Waals surface area contributed by atoms with Crippen molar-refractivity contribution in [3.63, 3.8) is 0 Å². The third-order valence-electron chi connectivity index (χ3n) is 3.10. The Labute approximate surface area is 134 Å². The summed E-state index contributed by atoms with van der Waals surface area (Å²) in [5.41, 5.74) is -0.449. The molecule has 0 saturated heterocycles. The number of ether oxygens (including phenoxy) is 1. The Morgan fingerprint density at radius 3 is 2.45 bits per heavy atom. The van der Waals surface area contributed by atoms with Crippen LogP contribution in [0.5, 0.6) is 0 Å². The minimum Gasteiger partial charge on any atom is -0.444 e. The number of hydrogen-bond acceptors (Lipinski definition) is 3. The summed E-state index contributed by atoms with van der Waals surface area (Å²) < 4.78 is 5.48. The van der Waals surface area contributed by atoms with E-state index in [0.717, 1.165) is 38.3 Å². The fourth-order valence-electron chi connectivity index (χ4n) is 1.99. The SMILES string of the molecule is CCCN=C(NCC)NCCN(C(=O)OC(C)(C)C)C1CC1. The maximum Gasteiger partial charge on any atom is 0.410 e. The lowest BCUT2D eigenvalue weighted by Crippen LogP contribution is -2.45. The van der Waals surface area contributed by atoms with Crippen molar-refractivity contribution in [3.8, 4) is 0 Å². The second-order valence-corrected chi connectivity index (χ2v) is 6.59. The van der Waals surface area contributed by atoms with E-state index in [4.69, 9.17) is 4.74 Å². The van der Waals surface area contributed by atoms with E-state index in [1.807, 2.05) is 32.6 Å². The van der Waals surface area contributed by atoms with Gasteiger partial charge in [-0.1, -0.05) is 6.92 Å². The van der Waals surface area contributed by atoms with Crippen molar-refractivity contribution < 1.29 is 9.53 Å². The van der Waals surface area contributed by atoms with Gasteiger partial charge in [-0.25, -0.2) is 4.79 Å². The Morgan fingerprint density at radius 2 is 1.95 bits per heavy atom. The van der Waals surface area contributed by atoms with Crippen LogP contribution in [0.3, 0.4) is 0 Å². The van der Waals surface area contributed by atoms with Crippen molar-refractivity contribution in [1.82, 2.24) is 15.5 Å². The Bertz CT molecular complexity index is 373. The Balaban J connectivity index is 2.45. The zero-order valence-electron chi connectivity index (χ0n) is 14.7. The highest BCUT2D eigenvalue weighted by molar-refractivity contribution is 5.79. The predicted molar refractivity (Wildman–Crippen MR) is 90.2 cm³/mol. The van der Waals surface area contributed by atoms with E-state index < -0.39 is 5.60 Å². The van der Waals surface area contributed by atoms with Crippen molar-refractivity contribution in [3.05, 3.63) is 0 Å². The molecule has 1 fully saturated rings. The average Bonchev–Trinajstić information content (AvgIpc) is 3.23. The van der Waals surface area contributed by atoms with Crippen molar-refractivity contribution in [1.29, 1.82) is 0 Å². The topological polar surface area (TPSA) is 66.0 Å². The van der Waals surface area contributed by atoms with Gasteiger partial charge in [0.2, 0.25) is 0 Å². The molecule has 1 amide bonds. The number of nitrogens with one attached hydrogen (secondary N) is 2. The molecular weight excluding hydrogens is 280 g/mol. The van der Waals surface area contributed by atoms with Gasteiger partial charge in [-0.15, -0.1) is 0 Å². The summed E-state index contributed by atoms with van der Waals surface area (Å²) in [6.07, 6.45) is 2.95. The van der Waals surface area contributed by atoms with Crippen LogP contribution in [-0.4, -0.2) is 54.8 Å². The molecule has 0 aromatic rings. The van der Waals surface area contributed by atoms with E-state index in [9.17, 15) is 4.79 Å². The van der Waals surface area contributed by atoms with E-state index >= 15 is 0 Å². The third kappa shape index (κ3) is 7.52. The number of guanidine groups is 1.